The van der Waals surface area contributed by atoms with Crippen LogP contribution in [0.4, 0.5) is 0 Å². The molecular formula is C8H12BNO. The van der Waals surface area contributed by atoms with Gasteiger partial charge in [0.15, 0.2) is 0 Å². The lowest BCUT2D eigenvalue weighted by atomic mass is 10.1. The van der Waals surface area contributed by atoms with Crippen LogP contribution in [0.5, 0.6) is 0 Å². The molecule has 0 saturated heterocycles. The summed E-state index contributed by atoms with van der Waals surface area (Å²) in [6.45, 7) is 4.70. The Hall–Kier alpha value is -0.985. The molecule has 1 amide bonds. The Morgan fingerprint density at radius 3 is 2.64 bits per heavy atom. The van der Waals surface area contributed by atoms with Crippen LogP contribution >= 0.6 is 0 Å². The molecule has 2 nitrogen and oxygen atoms in total. The molecule has 0 aromatic carbocycles. The maximum atomic E-state index is 11.3. The summed E-state index contributed by atoms with van der Waals surface area (Å²) >= 11 is 0. The summed E-state index contributed by atoms with van der Waals surface area (Å²) in [5, 5.41) is 0. The standard InChI is InChI=1S/C8H12BNO/c1-3-4-7-6(2)5-10(9)8(7)11/h3-4H,5,9H2,1-2H3/b4-3-. The summed E-state index contributed by atoms with van der Waals surface area (Å²) in [6, 6.07) is 0. The van der Waals surface area contributed by atoms with Crippen LogP contribution in [-0.2, 0) is 4.79 Å². The molecule has 58 valence electrons. The number of carbonyl (C=O) groups excluding carboxylic acids is 1. The van der Waals surface area contributed by atoms with Crippen LogP contribution in [0, 0.1) is 0 Å². The van der Waals surface area contributed by atoms with Crippen LogP contribution in [0.1, 0.15) is 13.8 Å². The quantitative estimate of drug-likeness (QED) is 0.490. The van der Waals surface area contributed by atoms with Gasteiger partial charge in [-0.15, -0.1) is 0 Å². The Labute approximate surface area is 68.0 Å². The van der Waals surface area contributed by atoms with Crippen molar-refractivity contribution in [1.82, 2.24) is 4.81 Å². The average Bonchev–Trinajstić information content (AvgIpc) is 2.17. The Morgan fingerprint density at radius 1 is 1.64 bits per heavy atom. The van der Waals surface area contributed by atoms with E-state index < -0.39 is 0 Å². The van der Waals surface area contributed by atoms with Crippen LogP contribution < -0.4 is 0 Å². The van der Waals surface area contributed by atoms with E-state index in [0.717, 1.165) is 17.7 Å². The van der Waals surface area contributed by atoms with Crippen molar-refractivity contribution in [3.05, 3.63) is 23.3 Å². The minimum atomic E-state index is 0.139. The molecule has 0 aliphatic carbocycles. The van der Waals surface area contributed by atoms with E-state index in [1.807, 2.05) is 34.0 Å². The number of nitrogens with zero attached hydrogens (tertiary/aromatic N) is 1. The molecule has 1 heterocycles. The van der Waals surface area contributed by atoms with Crippen molar-refractivity contribution in [2.75, 3.05) is 6.54 Å². The third-order valence-corrected chi connectivity index (χ3v) is 1.84. The summed E-state index contributed by atoms with van der Waals surface area (Å²) < 4.78 is 0. The summed E-state index contributed by atoms with van der Waals surface area (Å²) in [5.41, 5.74) is 2.02. The topological polar surface area (TPSA) is 20.3 Å². The molecular weight excluding hydrogens is 137 g/mol. The van der Waals surface area contributed by atoms with Crippen molar-refractivity contribution in [3.63, 3.8) is 0 Å². The minimum absolute atomic E-state index is 0.139. The molecule has 1 aliphatic rings. The molecule has 1 rings (SSSR count). The van der Waals surface area contributed by atoms with Gasteiger partial charge in [0.1, 0.15) is 0 Å². The number of hydrogen-bond donors (Lipinski definition) is 0. The lowest BCUT2D eigenvalue weighted by Crippen LogP contribution is -2.23. The van der Waals surface area contributed by atoms with Gasteiger partial charge >= 0.3 is 0 Å². The fourth-order valence-corrected chi connectivity index (χ4v) is 1.28. The van der Waals surface area contributed by atoms with Crippen LogP contribution in [0.25, 0.3) is 0 Å². The first kappa shape index (κ1) is 8.11. The first-order chi connectivity index (χ1) is 5.16. The number of allylic oxidation sites excluding steroid dienone is 1. The number of carbonyl (C=O) groups is 1. The molecule has 0 radical (unpaired) electrons. The highest BCUT2D eigenvalue weighted by Gasteiger charge is 2.21. The van der Waals surface area contributed by atoms with Crippen LogP contribution in [0.2, 0.25) is 0 Å². The van der Waals surface area contributed by atoms with E-state index in [1.54, 1.807) is 4.81 Å². The van der Waals surface area contributed by atoms with Gasteiger partial charge in [-0.1, -0.05) is 12.2 Å². The maximum Gasteiger partial charge on any atom is 0.241 e. The average molecular weight is 149 g/mol. The van der Waals surface area contributed by atoms with Crippen molar-refractivity contribution < 1.29 is 4.79 Å². The van der Waals surface area contributed by atoms with Gasteiger partial charge in [0.25, 0.3) is 0 Å². The van der Waals surface area contributed by atoms with Crippen molar-refractivity contribution in [2.45, 2.75) is 13.8 Å². The van der Waals surface area contributed by atoms with Gasteiger partial charge in [0, 0.05) is 12.1 Å². The minimum Gasteiger partial charge on any atom is -0.386 e. The van der Waals surface area contributed by atoms with Gasteiger partial charge in [-0.05, 0) is 19.4 Å². The molecule has 0 N–H and O–H groups in total. The third kappa shape index (κ3) is 1.37. The highest BCUT2D eigenvalue weighted by atomic mass is 16.2. The Morgan fingerprint density at radius 2 is 2.27 bits per heavy atom. The molecule has 11 heavy (non-hydrogen) atoms. The molecule has 0 aromatic heterocycles. The van der Waals surface area contributed by atoms with Crippen molar-refractivity contribution >= 4 is 13.9 Å². The number of hydrogen-bond acceptors (Lipinski definition) is 1. The lowest BCUT2D eigenvalue weighted by Gasteiger charge is -2.06. The van der Waals surface area contributed by atoms with E-state index in [9.17, 15) is 4.79 Å². The largest absolute Gasteiger partial charge is 0.386 e. The van der Waals surface area contributed by atoms with Gasteiger partial charge in [0.05, 0.1) is 0 Å². The zero-order chi connectivity index (χ0) is 8.43. The van der Waals surface area contributed by atoms with E-state index >= 15 is 0 Å². The van der Waals surface area contributed by atoms with Crippen LogP contribution in [-0.4, -0.2) is 25.2 Å². The zero-order valence-corrected chi connectivity index (χ0v) is 7.22. The third-order valence-electron chi connectivity index (χ3n) is 1.84. The summed E-state index contributed by atoms with van der Waals surface area (Å²) in [5.74, 6) is 0.139. The first-order valence-corrected chi connectivity index (χ1v) is 3.74. The molecule has 1 aliphatic heterocycles. The van der Waals surface area contributed by atoms with E-state index in [1.165, 1.54) is 0 Å². The molecule has 3 heteroatoms. The van der Waals surface area contributed by atoms with E-state index in [2.05, 4.69) is 0 Å². The molecule has 0 saturated carbocycles. The fraction of sp³-hybridized carbons (Fsp3) is 0.375. The van der Waals surface area contributed by atoms with Crippen LogP contribution in [0.15, 0.2) is 23.3 Å². The van der Waals surface area contributed by atoms with E-state index in [-0.39, 0.29) is 5.91 Å². The Bertz CT molecular complexity index is 242. The van der Waals surface area contributed by atoms with E-state index in [0.29, 0.717) is 0 Å². The predicted octanol–water partition coefficient (Wildman–Crippen LogP) is 0.269. The predicted molar refractivity (Wildman–Crippen MR) is 47.8 cm³/mol. The molecule has 0 fully saturated rings. The molecule has 0 aromatic rings. The fourth-order valence-electron chi connectivity index (χ4n) is 1.28. The number of amides is 1. The molecule has 0 bridgehead atoms. The molecule has 0 atom stereocenters. The summed E-state index contributed by atoms with van der Waals surface area (Å²) in [7, 11) is 1.82. The van der Waals surface area contributed by atoms with Gasteiger partial charge < -0.3 is 4.81 Å². The van der Waals surface area contributed by atoms with E-state index in [4.69, 9.17) is 0 Å². The Balaban J connectivity index is 2.91. The smallest absolute Gasteiger partial charge is 0.241 e. The monoisotopic (exact) mass is 149 g/mol. The first-order valence-electron chi connectivity index (χ1n) is 3.74. The van der Waals surface area contributed by atoms with Gasteiger partial charge in [0.2, 0.25) is 13.9 Å². The second-order valence-electron chi connectivity index (χ2n) is 2.86. The molecule has 0 spiro atoms. The lowest BCUT2D eigenvalue weighted by molar-refractivity contribution is -0.121. The van der Waals surface area contributed by atoms with Gasteiger partial charge in [-0.25, -0.2) is 0 Å². The second-order valence-corrected chi connectivity index (χ2v) is 2.86. The van der Waals surface area contributed by atoms with Crippen molar-refractivity contribution in [2.24, 2.45) is 0 Å². The highest BCUT2D eigenvalue weighted by molar-refractivity contribution is 6.20. The van der Waals surface area contributed by atoms with Gasteiger partial charge in [-0.3, -0.25) is 4.79 Å². The second kappa shape index (κ2) is 2.95. The van der Waals surface area contributed by atoms with Crippen molar-refractivity contribution in [3.8, 4) is 0 Å². The maximum absolute atomic E-state index is 11.3. The van der Waals surface area contributed by atoms with Crippen LogP contribution in [0.3, 0.4) is 0 Å². The van der Waals surface area contributed by atoms with Gasteiger partial charge in [-0.2, -0.15) is 0 Å². The Kier molecular flexibility index (Phi) is 2.18. The normalized spacial score (nSPS) is 19.1. The molecule has 0 unspecified atom stereocenters. The van der Waals surface area contributed by atoms with Crippen molar-refractivity contribution in [1.29, 1.82) is 0 Å². The highest BCUT2D eigenvalue weighted by Crippen LogP contribution is 2.17. The number of rotatable bonds is 1. The SMILES string of the molecule is BN1CC(C)=C(/C=C\C)C1=O. The summed E-state index contributed by atoms with van der Waals surface area (Å²) in [4.78, 5) is 13.0. The summed E-state index contributed by atoms with van der Waals surface area (Å²) in [6.07, 6.45) is 3.77. The zero-order valence-electron chi connectivity index (χ0n) is 7.22.